The van der Waals surface area contributed by atoms with E-state index in [0.29, 0.717) is 17.0 Å². The lowest BCUT2D eigenvalue weighted by atomic mass is 10.1. The first-order valence-corrected chi connectivity index (χ1v) is 8.07. The number of rotatable bonds is 4. The highest BCUT2D eigenvalue weighted by atomic mass is 32.1. The highest BCUT2D eigenvalue weighted by molar-refractivity contribution is 7.80. The number of ether oxygens (including phenoxy) is 1. The molecule has 0 saturated carbocycles. The van der Waals surface area contributed by atoms with Gasteiger partial charge in [0.1, 0.15) is 17.4 Å². The molecule has 2 aromatic rings. The molecule has 0 unspecified atom stereocenters. The number of carbonyl (C=O) groups excluding carboxylic acids is 2. The van der Waals surface area contributed by atoms with Crippen molar-refractivity contribution in [1.82, 2.24) is 5.32 Å². The monoisotopic (exact) mass is 363 g/mol. The molecule has 0 spiro atoms. The summed E-state index contributed by atoms with van der Waals surface area (Å²) in [5, 5.41) is 11.1. The maximum Gasteiger partial charge on any atom is 0.270 e. The molecule has 1 heterocycles. The molecule has 3 rings (SSSR count). The van der Waals surface area contributed by atoms with Gasteiger partial charge in [-0.2, -0.15) is 5.26 Å². The third kappa shape index (κ3) is 3.61. The summed E-state index contributed by atoms with van der Waals surface area (Å²) in [6.45, 7) is -0.0508. The van der Waals surface area contributed by atoms with Gasteiger partial charge in [0.25, 0.3) is 11.8 Å². The lowest BCUT2D eigenvalue weighted by Gasteiger charge is -2.28. The van der Waals surface area contributed by atoms with Gasteiger partial charge in [-0.05, 0) is 48.1 Å². The molecular formula is C19H13N3O3S. The molecule has 26 heavy (non-hydrogen) atoms. The summed E-state index contributed by atoms with van der Waals surface area (Å²) < 4.78 is 5.18. The van der Waals surface area contributed by atoms with E-state index in [9.17, 15) is 9.59 Å². The largest absolute Gasteiger partial charge is 0.479 e. The van der Waals surface area contributed by atoms with Crippen LogP contribution in [-0.2, 0) is 9.59 Å². The van der Waals surface area contributed by atoms with Crippen LogP contribution in [-0.4, -0.2) is 23.5 Å². The minimum atomic E-state index is -0.544. The Bertz CT molecular complexity index is 931. The Labute approximate surface area is 155 Å². The predicted octanol–water partition coefficient (Wildman–Crippen LogP) is 2.42. The molecule has 128 valence electrons. The van der Waals surface area contributed by atoms with Gasteiger partial charge in [0.15, 0.2) is 11.7 Å². The molecule has 7 heteroatoms. The average molecular weight is 363 g/mol. The van der Waals surface area contributed by atoms with Crippen LogP contribution in [0.2, 0.25) is 0 Å². The van der Waals surface area contributed by atoms with E-state index in [1.807, 2.05) is 12.1 Å². The third-order valence-corrected chi connectivity index (χ3v) is 3.90. The molecule has 0 atom stereocenters. The Kier molecular flexibility index (Phi) is 5.06. The minimum Gasteiger partial charge on any atom is -0.479 e. The number of hydrogen-bond acceptors (Lipinski definition) is 5. The second-order valence-corrected chi connectivity index (χ2v) is 5.70. The number of benzene rings is 2. The van der Waals surface area contributed by atoms with Gasteiger partial charge in [-0.25, -0.2) is 0 Å². The molecule has 2 amide bonds. The van der Waals surface area contributed by atoms with Crippen LogP contribution in [0.5, 0.6) is 5.75 Å². The van der Waals surface area contributed by atoms with Crippen LogP contribution in [0, 0.1) is 11.3 Å². The van der Waals surface area contributed by atoms with E-state index in [-0.39, 0.29) is 17.3 Å². The van der Waals surface area contributed by atoms with Crippen LogP contribution in [0.3, 0.4) is 0 Å². The van der Waals surface area contributed by atoms with Crippen LogP contribution in [0.1, 0.15) is 5.56 Å². The van der Waals surface area contributed by atoms with Gasteiger partial charge in [-0.3, -0.25) is 19.8 Å². The van der Waals surface area contributed by atoms with Gasteiger partial charge >= 0.3 is 0 Å². The average Bonchev–Trinajstić information content (AvgIpc) is 2.65. The summed E-state index contributed by atoms with van der Waals surface area (Å²) >= 11 is 5.14. The first-order chi connectivity index (χ1) is 12.6. The van der Waals surface area contributed by atoms with Crippen molar-refractivity contribution >= 4 is 40.9 Å². The van der Waals surface area contributed by atoms with Gasteiger partial charge in [-0.1, -0.05) is 30.3 Å². The Morgan fingerprint density at radius 3 is 2.46 bits per heavy atom. The van der Waals surface area contributed by atoms with Crippen molar-refractivity contribution in [3.63, 3.8) is 0 Å². The highest BCUT2D eigenvalue weighted by Crippen LogP contribution is 2.22. The molecule has 2 aromatic carbocycles. The first kappa shape index (κ1) is 17.3. The van der Waals surface area contributed by atoms with Crippen molar-refractivity contribution in [1.29, 1.82) is 5.26 Å². The topological polar surface area (TPSA) is 82.4 Å². The summed E-state index contributed by atoms with van der Waals surface area (Å²) in [5.74, 6) is -0.507. The first-order valence-electron chi connectivity index (χ1n) is 7.66. The van der Waals surface area contributed by atoms with E-state index in [2.05, 4.69) is 5.32 Å². The summed E-state index contributed by atoms with van der Waals surface area (Å²) in [7, 11) is 0. The predicted molar refractivity (Wildman–Crippen MR) is 100 cm³/mol. The Morgan fingerprint density at radius 1 is 1.12 bits per heavy atom. The summed E-state index contributed by atoms with van der Waals surface area (Å²) in [6.07, 6.45) is 1.49. The van der Waals surface area contributed by atoms with Crippen molar-refractivity contribution < 1.29 is 14.3 Å². The summed E-state index contributed by atoms with van der Waals surface area (Å²) in [4.78, 5) is 26.3. The number of nitriles is 1. The van der Waals surface area contributed by atoms with Crippen molar-refractivity contribution in [3.8, 4) is 11.8 Å². The van der Waals surface area contributed by atoms with Crippen LogP contribution in [0.15, 0.2) is 60.2 Å². The van der Waals surface area contributed by atoms with E-state index in [1.54, 1.807) is 48.5 Å². The molecule has 0 radical (unpaired) electrons. The Hall–Kier alpha value is -3.50. The molecule has 1 N–H and O–H groups in total. The van der Waals surface area contributed by atoms with E-state index in [1.165, 1.54) is 11.0 Å². The third-order valence-electron chi connectivity index (χ3n) is 3.61. The van der Waals surface area contributed by atoms with Crippen LogP contribution in [0.25, 0.3) is 6.08 Å². The fourth-order valence-corrected chi connectivity index (χ4v) is 2.69. The number of carbonyl (C=O) groups is 2. The zero-order valence-electron chi connectivity index (χ0n) is 13.5. The maximum absolute atomic E-state index is 12.8. The molecular weight excluding hydrogens is 350 g/mol. The SMILES string of the molecule is N#CCOc1ccc(/C=C2\C(=O)NC(=S)N(c3ccccc3)C2=O)cc1. The molecule has 1 aliphatic rings. The van der Waals surface area contributed by atoms with Crippen molar-refractivity contribution in [3.05, 3.63) is 65.7 Å². The molecule has 0 aromatic heterocycles. The van der Waals surface area contributed by atoms with Gasteiger partial charge in [0.2, 0.25) is 0 Å². The fraction of sp³-hybridized carbons (Fsp3) is 0.0526. The highest BCUT2D eigenvalue weighted by Gasteiger charge is 2.34. The van der Waals surface area contributed by atoms with E-state index in [4.69, 9.17) is 22.2 Å². The fourth-order valence-electron chi connectivity index (χ4n) is 2.41. The second-order valence-electron chi connectivity index (χ2n) is 5.31. The van der Waals surface area contributed by atoms with E-state index >= 15 is 0 Å². The number of nitrogens with zero attached hydrogens (tertiary/aromatic N) is 2. The van der Waals surface area contributed by atoms with Crippen molar-refractivity contribution in [2.45, 2.75) is 0 Å². The van der Waals surface area contributed by atoms with Gasteiger partial charge in [0.05, 0.1) is 5.69 Å². The minimum absolute atomic E-state index is 0.0202. The molecule has 6 nitrogen and oxygen atoms in total. The molecule has 1 aliphatic heterocycles. The molecule has 0 bridgehead atoms. The lowest BCUT2D eigenvalue weighted by Crippen LogP contribution is -2.54. The molecule has 0 aliphatic carbocycles. The van der Waals surface area contributed by atoms with E-state index in [0.717, 1.165) is 0 Å². The molecule has 1 saturated heterocycles. The van der Waals surface area contributed by atoms with Gasteiger partial charge in [-0.15, -0.1) is 0 Å². The van der Waals surface area contributed by atoms with Crippen LogP contribution in [0.4, 0.5) is 5.69 Å². The lowest BCUT2D eigenvalue weighted by molar-refractivity contribution is -0.122. The van der Waals surface area contributed by atoms with Crippen LogP contribution < -0.4 is 15.0 Å². The van der Waals surface area contributed by atoms with E-state index < -0.39 is 11.8 Å². The van der Waals surface area contributed by atoms with Gasteiger partial charge in [0, 0.05) is 0 Å². The Balaban J connectivity index is 1.89. The van der Waals surface area contributed by atoms with Crippen LogP contribution >= 0.6 is 12.2 Å². The zero-order valence-corrected chi connectivity index (χ0v) is 14.3. The maximum atomic E-state index is 12.8. The second kappa shape index (κ2) is 7.59. The summed E-state index contributed by atoms with van der Waals surface area (Å²) in [5.41, 5.74) is 1.20. The Morgan fingerprint density at radius 2 is 1.81 bits per heavy atom. The number of anilines is 1. The van der Waals surface area contributed by atoms with Gasteiger partial charge < -0.3 is 4.74 Å². The number of hydrogen-bond donors (Lipinski definition) is 1. The standard InChI is InChI=1S/C19H13N3O3S/c20-10-11-25-15-8-6-13(7-9-15)12-16-17(23)21-19(26)22(18(16)24)14-4-2-1-3-5-14/h1-9,12H,11H2,(H,21,23,26)/b16-12+. The number of thiocarbonyl (C=S) groups is 1. The van der Waals surface area contributed by atoms with Crippen molar-refractivity contribution in [2.75, 3.05) is 11.5 Å². The smallest absolute Gasteiger partial charge is 0.270 e. The van der Waals surface area contributed by atoms with Crippen molar-refractivity contribution in [2.24, 2.45) is 0 Å². The number of nitrogens with one attached hydrogen (secondary N) is 1. The summed E-state index contributed by atoms with van der Waals surface area (Å²) in [6, 6.07) is 17.5. The number of para-hydroxylation sites is 1. The number of amides is 2. The quantitative estimate of drug-likeness (QED) is 0.512. The zero-order chi connectivity index (χ0) is 18.5. The molecule has 1 fully saturated rings. The normalized spacial score (nSPS) is 15.6.